The van der Waals surface area contributed by atoms with Crippen LogP contribution in [0, 0.1) is 0 Å². The average Bonchev–Trinajstić information content (AvgIpc) is 2.99. The third-order valence-corrected chi connectivity index (χ3v) is 4.08. The molecule has 3 heterocycles. The zero-order valence-corrected chi connectivity index (χ0v) is 14.3. The highest BCUT2D eigenvalue weighted by atomic mass is 16.6. The highest BCUT2D eigenvalue weighted by Crippen LogP contribution is 2.34. The molecule has 0 saturated carbocycles. The highest BCUT2D eigenvalue weighted by Gasteiger charge is 2.40. The van der Waals surface area contributed by atoms with Crippen LogP contribution in [0.1, 0.15) is 51.8 Å². The average molecular weight is 335 g/mol. The molecule has 2 aliphatic heterocycles. The van der Waals surface area contributed by atoms with Crippen molar-refractivity contribution in [1.29, 1.82) is 0 Å². The van der Waals surface area contributed by atoms with Gasteiger partial charge in [0.2, 0.25) is 17.7 Å². The van der Waals surface area contributed by atoms with Gasteiger partial charge in [-0.2, -0.15) is 0 Å². The van der Waals surface area contributed by atoms with Gasteiger partial charge >= 0.3 is 6.09 Å². The third-order valence-electron chi connectivity index (χ3n) is 4.08. The van der Waals surface area contributed by atoms with Gasteiger partial charge in [0, 0.05) is 25.3 Å². The summed E-state index contributed by atoms with van der Waals surface area (Å²) in [5, 5.41) is 3.99. The standard InChI is InChI=1S/C16H21N3O5/c1-9-7-11-10(8-18(9)15(22)23-16(2,3)4)14(24-17-11)19-12(20)5-6-13(19)21/h9H,5-8H2,1-4H3/t9-/m0/s1. The fourth-order valence-corrected chi connectivity index (χ4v) is 2.91. The van der Waals surface area contributed by atoms with Crippen LogP contribution in [-0.4, -0.2) is 39.6 Å². The summed E-state index contributed by atoms with van der Waals surface area (Å²) in [7, 11) is 0. The van der Waals surface area contributed by atoms with Crippen LogP contribution in [-0.2, 0) is 27.3 Å². The van der Waals surface area contributed by atoms with E-state index >= 15 is 0 Å². The number of anilines is 1. The van der Waals surface area contributed by atoms with Crippen LogP contribution in [0.25, 0.3) is 0 Å². The highest BCUT2D eigenvalue weighted by molar-refractivity contribution is 6.19. The second kappa shape index (κ2) is 5.61. The second-order valence-electron chi connectivity index (χ2n) is 7.20. The predicted octanol–water partition coefficient (Wildman–Crippen LogP) is 2.01. The minimum atomic E-state index is -0.602. The van der Waals surface area contributed by atoms with Gasteiger partial charge in [-0.3, -0.25) is 9.59 Å². The van der Waals surface area contributed by atoms with E-state index in [0.29, 0.717) is 17.7 Å². The molecule has 8 heteroatoms. The van der Waals surface area contributed by atoms with Crippen LogP contribution >= 0.6 is 0 Å². The molecule has 24 heavy (non-hydrogen) atoms. The molecule has 1 aromatic rings. The largest absolute Gasteiger partial charge is 0.444 e. The van der Waals surface area contributed by atoms with Gasteiger partial charge in [0.05, 0.1) is 17.8 Å². The summed E-state index contributed by atoms with van der Waals surface area (Å²) in [6.07, 6.45) is 0.377. The topological polar surface area (TPSA) is 93.0 Å². The van der Waals surface area contributed by atoms with Gasteiger partial charge in [0.1, 0.15) is 5.60 Å². The molecule has 0 aromatic carbocycles. The lowest BCUT2D eigenvalue weighted by Gasteiger charge is -2.34. The van der Waals surface area contributed by atoms with Crippen molar-refractivity contribution in [1.82, 2.24) is 10.1 Å². The number of carbonyl (C=O) groups is 3. The molecule has 0 unspecified atom stereocenters. The first-order valence-electron chi connectivity index (χ1n) is 8.00. The third kappa shape index (κ3) is 2.88. The van der Waals surface area contributed by atoms with E-state index in [-0.39, 0.29) is 43.1 Å². The van der Waals surface area contributed by atoms with E-state index in [1.165, 1.54) is 0 Å². The molecule has 1 atom stereocenters. The van der Waals surface area contributed by atoms with Gasteiger partial charge in [-0.25, -0.2) is 9.69 Å². The first-order chi connectivity index (χ1) is 11.2. The molecule has 0 radical (unpaired) electrons. The van der Waals surface area contributed by atoms with Crippen molar-refractivity contribution in [3.63, 3.8) is 0 Å². The van der Waals surface area contributed by atoms with E-state index in [4.69, 9.17) is 9.26 Å². The van der Waals surface area contributed by atoms with E-state index in [1.807, 2.05) is 6.92 Å². The van der Waals surface area contributed by atoms with Crippen molar-refractivity contribution in [3.8, 4) is 0 Å². The molecule has 1 saturated heterocycles. The van der Waals surface area contributed by atoms with Gasteiger partial charge in [0.25, 0.3) is 0 Å². The minimum Gasteiger partial charge on any atom is -0.444 e. The number of imide groups is 1. The van der Waals surface area contributed by atoms with Gasteiger partial charge in [-0.15, -0.1) is 0 Å². The van der Waals surface area contributed by atoms with Gasteiger partial charge in [-0.05, 0) is 27.7 Å². The molecule has 1 fully saturated rings. The molecule has 0 bridgehead atoms. The van der Waals surface area contributed by atoms with Crippen LogP contribution in [0.5, 0.6) is 0 Å². The van der Waals surface area contributed by atoms with Gasteiger partial charge < -0.3 is 14.2 Å². The lowest BCUT2D eigenvalue weighted by Crippen LogP contribution is -2.45. The van der Waals surface area contributed by atoms with Crippen LogP contribution in [0.15, 0.2) is 4.52 Å². The number of fused-ring (bicyclic) bond motifs is 1. The summed E-state index contributed by atoms with van der Waals surface area (Å²) in [6, 6.07) is -0.115. The normalized spacial score (nSPS) is 21.2. The lowest BCUT2D eigenvalue weighted by atomic mass is 10.0. The maximum atomic E-state index is 12.4. The summed E-state index contributed by atoms with van der Waals surface area (Å²) in [5.41, 5.74) is 0.669. The van der Waals surface area contributed by atoms with Crippen LogP contribution in [0.2, 0.25) is 0 Å². The Hall–Kier alpha value is -2.38. The van der Waals surface area contributed by atoms with E-state index in [9.17, 15) is 14.4 Å². The van der Waals surface area contributed by atoms with Gasteiger partial charge in [-0.1, -0.05) is 5.16 Å². The van der Waals surface area contributed by atoms with Crippen molar-refractivity contribution in [3.05, 3.63) is 11.3 Å². The predicted molar refractivity (Wildman–Crippen MR) is 83.2 cm³/mol. The molecule has 2 aliphatic rings. The maximum Gasteiger partial charge on any atom is 0.410 e. The van der Waals surface area contributed by atoms with Crippen LogP contribution < -0.4 is 4.90 Å². The molecular weight excluding hydrogens is 314 g/mol. The van der Waals surface area contributed by atoms with Crippen molar-refractivity contribution >= 4 is 23.8 Å². The number of nitrogens with zero attached hydrogens (tertiary/aromatic N) is 3. The summed E-state index contributed by atoms with van der Waals surface area (Å²) in [5.74, 6) is -0.472. The SMILES string of the molecule is C[C@H]1Cc2noc(N3C(=O)CCC3=O)c2CN1C(=O)OC(C)(C)C. The van der Waals surface area contributed by atoms with Crippen molar-refractivity contribution < 1.29 is 23.6 Å². The molecule has 3 amide bonds. The maximum absolute atomic E-state index is 12.4. The van der Waals surface area contributed by atoms with Crippen molar-refractivity contribution in [2.45, 2.75) is 65.1 Å². The number of rotatable bonds is 1. The Labute approximate surface area is 139 Å². The molecule has 0 N–H and O–H groups in total. The monoisotopic (exact) mass is 335 g/mol. The Bertz CT molecular complexity index is 687. The zero-order chi connectivity index (χ0) is 17.6. The molecule has 1 aromatic heterocycles. The number of amides is 3. The summed E-state index contributed by atoms with van der Waals surface area (Å²) >= 11 is 0. The Morgan fingerprint density at radius 3 is 2.46 bits per heavy atom. The fraction of sp³-hybridized carbons (Fsp3) is 0.625. The molecular formula is C16H21N3O5. The van der Waals surface area contributed by atoms with E-state index in [1.54, 1.807) is 25.7 Å². The van der Waals surface area contributed by atoms with E-state index in [2.05, 4.69) is 5.16 Å². The number of hydrogen-bond acceptors (Lipinski definition) is 6. The van der Waals surface area contributed by atoms with Crippen molar-refractivity contribution in [2.75, 3.05) is 4.90 Å². The lowest BCUT2D eigenvalue weighted by molar-refractivity contribution is -0.121. The summed E-state index contributed by atoms with van der Waals surface area (Å²) in [6.45, 7) is 7.50. The first-order valence-corrected chi connectivity index (χ1v) is 8.00. The van der Waals surface area contributed by atoms with Crippen LogP contribution in [0.4, 0.5) is 10.7 Å². The quantitative estimate of drug-likeness (QED) is 0.729. The summed E-state index contributed by atoms with van der Waals surface area (Å²) in [4.78, 5) is 38.9. The Morgan fingerprint density at radius 1 is 1.25 bits per heavy atom. The van der Waals surface area contributed by atoms with E-state index in [0.717, 1.165) is 4.90 Å². The summed E-state index contributed by atoms with van der Waals surface area (Å²) < 4.78 is 10.7. The van der Waals surface area contributed by atoms with E-state index < -0.39 is 11.7 Å². The first kappa shape index (κ1) is 16.5. The minimum absolute atomic E-state index is 0.115. The molecule has 8 nitrogen and oxygen atoms in total. The Kier molecular flexibility index (Phi) is 3.85. The number of hydrogen-bond donors (Lipinski definition) is 0. The smallest absolute Gasteiger partial charge is 0.410 e. The second-order valence-corrected chi connectivity index (χ2v) is 7.20. The van der Waals surface area contributed by atoms with Crippen LogP contribution in [0.3, 0.4) is 0 Å². The molecule has 130 valence electrons. The number of aromatic nitrogens is 1. The Morgan fingerprint density at radius 2 is 1.88 bits per heavy atom. The number of carbonyl (C=O) groups excluding carboxylic acids is 3. The zero-order valence-electron chi connectivity index (χ0n) is 14.3. The number of ether oxygens (including phenoxy) is 1. The van der Waals surface area contributed by atoms with Gasteiger partial charge in [0.15, 0.2) is 0 Å². The molecule has 0 aliphatic carbocycles. The molecule has 0 spiro atoms. The fourth-order valence-electron chi connectivity index (χ4n) is 2.91. The molecule has 3 rings (SSSR count). The Balaban J connectivity index is 1.88. The van der Waals surface area contributed by atoms with Crippen molar-refractivity contribution in [2.24, 2.45) is 0 Å².